The van der Waals surface area contributed by atoms with Crippen LogP contribution < -0.4 is 0 Å². The quantitative estimate of drug-likeness (QED) is 0.0452. The summed E-state index contributed by atoms with van der Waals surface area (Å²) in [5.74, 6) is 1.74. The number of carbonyl (C=O) groups is 2. The standard InChI is InChI=1S/C50H99NO5/c1-7-12-24-33-46(34-25-13-8-2)43-49(52)55-41-30-22-18-16-20-28-37-48(45-54-40-32-39-51(6)11-5)38-29-21-17-19-23-31-42-56-50(53)44-47(35-26-14-9-3)36-27-15-10-4/h46-48H,7-45H2,1-6H3. The highest BCUT2D eigenvalue weighted by atomic mass is 16.5. The maximum Gasteiger partial charge on any atom is 0.306 e. The molecule has 0 saturated heterocycles. The zero-order chi connectivity index (χ0) is 41.2. The van der Waals surface area contributed by atoms with E-state index in [0.717, 1.165) is 58.4 Å². The van der Waals surface area contributed by atoms with Crippen LogP contribution in [-0.4, -0.2) is 63.4 Å². The number of esters is 2. The van der Waals surface area contributed by atoms with Gasteiger partial charge >= 0.3 is 11.9 Å². The van der Waals surface area contributed by atoms with Gasteiger partial charge in [-0.2, -0.15) is 0 Å². The van der Waals surface area contributed by atoms with Crippen molar-refractivity contribution in [2.24, 2.45) is 17.8 Å². The molecule has 0 heterocycles. The van der Waals surface area contributed by atoms with E-state index in [1.165, 1.54) is 167 Å². The lowest BCUT2D eigenvalue weighted by Crippen LogP contribution is -2.20. The van der Waals surface area contributed by atoms with Gasteiger partial charge in [0.1, 0.15) is 0 Å². The Balaban J connectivity index is 4.26. The van der Waals surface area contributed by atoms with E-state index in [9.17, 15) is 9.59 Å². The van der Waals surface area contributed by atoms with Gasteiger partial charge in [-0.05, 0) is 89.1 Å². The first-order valence-corrected chi connectivity index (χ1v) is 25.0. The van der Waals surface area contributed by atoms with E-state index in [1.54, 1.807) is 0 Å². The van der Waals surface area contributed by atoms with E-state index in [2.05, 4.69) is 46.6 Å². The predicted octanol–water partition coefficient (Wildman–Crippen LogP) is 14.8. The molecule has 0 aromatic rings. The van der Waals surface area contributed by atoms with Gasteiger partial charge in [0.15, 0.2) is 0 Å². The van der Waals surface area contributed by atoms with Crippen LogP contribution in [0.4, 0.5) is 0 Å². The van der Waals surface area contributed by atoms with Gasteiger partial charge in [0.25, 0.3) is 0 Å². The second kappa shape index (κ2) is 43.4. The zero-order valence-corrected chi connectivity index (χ0v) is 38.8. The van der Waals surface area contributed by atoms with Crippen LogP contribution in [-0.2, 0) is 23.8 Å². The van der Waals surface area contributed by atoms with Crippen LogP contribution in [0.5, 0.6) is 0 Å². The van der Waals surface area contributed by atoms with E-state index >= 15 is 0 Å². The molecule has 0 bridgehead atoms. The van der Waals surface area contributed by atoms with E-state index in [-0.39, 0.29) is 11.9 Å². The molecule has 6 heteroatoms. The molecule has 0 saturated carbocycles. The van der Waals surface area contributed by atoms with Gasteiger partial charge in [-0.1, -0.05) is 176 Å². The first-order valence-electron chi connectivity index (χ1n) is 25.0. The lowest BCUT2D eigenvalue weighted by Gasteiger charge is -2.18. The summed E-state index contributed by atoms with van der Waals surface area (Å²) in [6.45, 7) is 16.4. The Labute approximate surface area is 350 Å². The Morgan fingerprint density at radius 2 is 0.750 bits per heavy atom. The maximum absolute atomic E-state index is 12.5. The summed E-state index contributed by atoms with van der Waals surface area (Å²) in [5.41, 5.74) is 0. The molecule has 334 valence electrons. The summed E-state index contributed by atoms with van der Waals surface area (Å²) in [6, 6.07) is 0. The van der Waals surface area contributed by atoms with Gasteiger partial charge in [0.2, 0.25) is 0 Å². The fraction of sp³-hybridized carbons (Fsp3) is 0.960. The average molecular weight is 794 g/mol. The Bertz CT molecular complexity index is 745. The van der Waals surface area contributed by atoms with Gasteiger partial charge < -0.3 is 19.1 Å². The molecule has 0 N–H and O–H groups in total. The summed E-state index contributed by atoms with van der Waals surface area (Å²) >= 11 is 0. The SMILES string of the molecule is CCCCCC(CCCCC)CC(=O)OCCCCCCCCC(CCCCCCCCOC(=O)CC(CCCCC)CCCCC)COCCCN(C)CC. The smallest absolute Gasteiger partial charge is 0.306 e. The molecular weight excluding hydrogens is 695 g/mol. The Morgan fingerprint density at radius 3 is 1.12 bits per heavy atom. The molecule has 0 atom stereocenters. The summed E-state index contributed by atoms with van der Waals surface area (Å²) in [4.78, 5) is 27.4. The molecular formula is C50H99NO5. The number of hydrogen-bond acceptors (Lipinski definition) is 6. The minimum atomic E-state index is 0.0287. The third kappa shape index (κ3) is 38.4. The lowest BCUT2D eigenvalue weighted by atomic mass is 9.92. The van der Waals surface area contributed by atoms with Crippen molar-refractivity contribution in [3.05, 3.63) is 0 Å². The van der Waals surface area contributed by atoms with Crippen molar-refractivity contribution in [1.29, 1.82) is 0 Å². The first-order chi connectivity index (χ1) is 27.4. The van der Waals surface area contributed by atoms with E-state index in [1.807, 2.05) is 0 Å². The Hall–Kier alpha value is -1.14. The Morgan fingerprint density at radius 1 is 0.411 bits per heavy atom. The zero-order valence-electron chi connectivity index (χ0n) is 38.8. The van der Waals surface area contributed by atoms with Crippen molar-refractivity contribution in [3.63, 3.8) is 0 Å². The monoisotopic (exact) mass is 794 g/mol. The van der Waals surface area contributed by atoms with Crippen LogP contribution in [0, 0.1) is 17.8 Å². The Kier molecular flexibility index (Phi) is 42.6. The summed E-state index contributed by atoms with van der Waals surface area (Å²) in [6.07, 6.45) is 39.1. The predicted molar refractivity (Wildman–Crippen MR) is 241 cm³/mol. The number of rotatable bonds is 45. The molecule has 6 nitrogen and oxygen atoms in total. The highest BCUT2D eigenvalue weighted by Crippen LogP contribution is 2.24. The number of carbonyl (C=O) groups excluding carboxylic acids is 2. The van der Waals surface area contributed by atoms with Crippen LogP contribution in [0.25, 0.3) is 0 Å². The minimum Gasteiger partial charge on any atom is -0.466 e. The van der Waals surface area contributed by atoms with Gasteiger partial charge in [0.05, 0.1) is 13.2 Å². The second-order valence-corrected chi connectivity index (χ2v) is 17.6. The maximum atomic E-state index is 12.5. The first kappa shape index (κ1) is 54.9. The van der Waals surface area contributed by atoms with Crippen molar-refractivity contribution in [1.82, 2.24) is 4.90 Å². The number of unbranched alkanes of at least 4 members (excludes halogenated alkanes) is 18. The normalized spacial score (nSPS) is 11.8. The summed E-state index contributed by atoms with van der Waals surface area (Å²) < 4.78 is 17.5. The largest absolute Gasteiger partial charge is 0.466 e. The molecule has 56 heavy (non-hydrogen) atoms. The highest BCUT2D eigenvalue weighted by molar-refractivity contribution is 5.70. The third-order valence-corrected chi connectivity index (χ3v) is 12.0. The van der Waals surface area contributed by atoms with Crippen LogP contribution in [0.3, 0.4) is 0 Å². The van der Waals surface area contributed by atoms with Gasteiger partial charge in [0, 0.05) is 32.6 Å². The lowest BCUT2D eigenvalue weighted by molar-refractivity contribution is -0.146. The molecule has 0 radical (unpaired) electrons. The highest BCUT2D eigenvalue weighted by Gasteiger charge is 2.16. The number of nitrogens with zero attached hydrogens (tertiary/aromatic N) is 1. The number of ether oxygens (including phenoxy) is 3. The molecule has 0 fully saturated rings. The number of hydrogen-bond donors (Lipinski definition) is 0. The van der Waals surface area contributed by atoms with Gasteiger partial charge in [-0.25, -0.2) is 0 Å². The van der Waals surface area contributed by atoms with Crippen LogP contribution >= 0.6 is 0 Å². The summed E-state index contributed by atoms with van der Waals surface area (Å²) in [7, 11) is 2.18. The molecule has 0 aromatic heterocycles. The van der Waals surface area contributed by atoms with Crippen LogP contribution in [0.1, 0.15) is 247 Å². The molecule has 0 aliphatic carbocycles. The fourth-order valence-corrected chi connectivity index (χ4v) is 8.03. The molecule has 0 rings (SSSR count). The minimum absolute atomic E-state index is 0.0287. The molecule has 0 spiro atoms. The fourth-order valence-electron chi connectivity index (χ4n) is 8.03. The molecule has 0 aliphatic heterocycles. The molecule has 0 aromatic carbocycles. The van der Waals surface area contributed by atoms with Gasteiger partial charge in [-0.3, -0.25) is 9.59 Å². The molecule has 0 aliphatic rings. The molecule has 0 amide bonds. The van der Waals surface area contributed by atoms with Crippen molar-refractivity contribution in [2.75, 3.05) is 46.6 Å². The van der Waals surface area contributed by atoms with Crippen molar-refractivity contribution in [2.45, 2.75) is 247 Å². The van der Waals surface area contributed by atoms with Crippen LogP contribution in [0.15, 0.2) is 0 Å². The average Bonchev–Trinajstić information content (AvgIpc) is 3.19. The van der Waals surface area contributed by atoms with E-state index < -0.39 is 0 Å². The van der Waals surface area contributed by atoms with Crippen molar-refractivity contribution >= 4 is 11.9 Å². The summed E-state index contributed by atoms with van der Waals surface area (Å²) in [5, 5.41) is 0. The van der Waals surface area contributed by atoms with Crippen LogP contribution in [0.2, 0.25) is 0 Å². The second-order valence-electron chi connectivity index (χ2n) is 17.6. The van der Waals surface area contributed by atoms with E-state index in [0.29, 0.717) is 43.8 Å². The van der Waals surface area contributed by atoms with Crippen molar-refractivity contribution < 1.29 is 23.8 Å². The molecule has 0 unspecified atom stereocenters. The van der Waals surface area contributed by atoms with Gasteiger partial charge in [-0.15, -0.1) is 0 Å². The van der Waals surface area contributed by atoms with E-state index in [4.69, 9.17) is 14.2 Å². The van der Waals surface area contributed by atoms with Crippen molar-refractivity contribution in [3.8, 4) is 0 Å². The third-order valence-electron chi connectivity index (χ3n) is 12.0. The topological polar surface area (TPSA) is 65.1 Å².